The van der Waals surface area contributed by atoms with E-state index in [1.54, 1.807) is 12.1 Å². The van der Waals surface area contributed by atoms with Crippen LogP contribution in [0.2, 0.25) is 0 Å². The molecule has 0 fully saturated rings. The largest absolute Gasteiger partial charge is 0.331 e. The van der Waals surface area contributed by atoms with E-state index >= 15 is 0 Å². The quantitative estimate of drug-likeness (QED) is 0.367. The van der Waals surface area contributed by atoms with E-state index < -0.39 is 4.92 Å². The van der Waals surface area contributed by atoms with Crippen LogP contribution in [0.4, 0.5) is 11.4 Å². The number of thiocarbonyl (C=S) groups is 1. The molecular weight excluding hydrogens is 368 g/mol. The summed E-state index contributed by atoms with van der Waals surface area (Å²) in [6, 6.07) is 14.1. The molecule has 6 nitrogen and oxygen atoms in total. The fraction of sp³-hybridized carbons (Fsp3) is 0. The van der Waals surface area contributed by atoms with Gasteiger partial charge in [0, 0.05) is 17.3 Å². The first-order valence-corrected chi connectivity index (χ1v) is 7.35. The second-order valence-electron chi connectivity index (χ2n) is 4.16. The fourth-order valence-electron chi connectivity index (χ4n) is 1.60. The van der Waals surface area contributed by atoms with E-state index in [0.29, 0.717) is 15.1 Å². The van der Waals surface area contributed by atoms with Crippen LogP contribution < -0.4 is 10.7 Å². The summed E-state index contributed by atoms with van der Waals surface area (Å²) in [4.78, 5) is 10.4. The Morgan fingerprint density at radius 2 is 2.00 bits per heavy atom. The number of para-hydroxylation sites is 1. The van der Waals surface area contributed by atoms with Crippen LogP contribution in [0.1, 0.15) is 5.56 Å². The third-order valence-corrected chi connectivity index (χ3v) is 3.44. The third-order valence-electron chi connectivity index (χ3n) is 2.58. The summed E-state index contributed by atoms with van der Waals surface area (Å²) in [5, 5.41) is 18.1. The van der Waals surface area contributed by atoms with Gasteiger partial charge in [-0.05, 0) is 46.3 Å². The molecule has 0 atom stereocenters. The molecule has 0 bridgehead atoms. The summed E-state index contributed by atoms with van der Waals surface area (Å²) < 4.78 is 0.420. The maximum Gasteiger partial charge on any atom is 0.284 e. The summed E-state index contributed by atoms with van der Waals surface area (Å²) in [6.45, 7) is 0. The van der Waals surface area contributed by atoms with Gasteiger partial charge in [-0.3, -0.25) is 15.5 Å². The molecule has 0 saturated heterocycles. The molecule has 0 aliphatic carbocycles. The second-order valence-corrected chi connectivity index (χ2v) is 5.42. The van der Waals surface area contributed by atoms with Crippen LogP contribution in [0.15, 0.2) is 58.1 Å². The van der Waals surface area contributed by atoms with Crippen LogP contribution in [0.3, 0.4) is 0 Å². The lowest BCUT2D eigenvalue weighted by Crippen LogP contribution is -2.23. The highest BCUT2D eigenvalue weighted by atomic mass is 79.9. The first-order chi connectivity index (χ1) is 10.6. The Morgan fingerprint density at radius 1 is 1.27 bits per heavy atom. The molecule has 0 radical (unpaired) electrons. The zero-order chi connectivity index (χ0) is 15.9. The van der Waals surface area contributed by atoms with Crippen molar-refractivity contribution >= 4 is 50.8 Å². The van der Waals surface area contributed by atoms with Gasteiger partial charge in [-0.15, -0.1) is 0 Å². The highest BCUT2D eigenvalue weighted by Crippen LogP contribution is 2.24. The second kappa shape index (κ2) is 7.62. The number of nitro benzene ring substituents is 1. The van der Waals surface area contributed by atoms with Crippen molar-refractivity contribution in [2.24, 2.45) is 5.10 Å². The number of benzene rings is 2. The number of hydrogen-bond donors (Lipinski definition) is 2. The van der Waals surface area contributed by atoms with Gasteiger partial charge in [-0.25, -0.2) is 0 Å². The highest BCUT2D eigenvalue weighted by Gasteiger charge is 2.11. The molecule has 22 heavy (non-hydrogen) atoms. The summed E-state index contributed by atoms with van der Waals surface area (Å²) >= 11 is 8.21. The number of nitrogens with one attached hydrogen (secondary N) is 2. The van der Waals surface area contributed by atoms with Gasteiger partial charge >= 0.3 is 0 Å². The molecule has 8 heteroatoms. The van der Waals surface area contributed by atoms with Crippen molar-refractivity contribution in [3.8, 4) is 0 Å². The minimum absolute atomic E-state index is 0.0195. The van der Waals surface area contributed by atoms with Crippen LogP contribution in [0.5, 0.6) is 0 Å². The molecule has 2 aromatic carbocycles. The molecule has 112 valence electrons. The maximum atomic E-state index is 10.8. The number of halogens is 1. The molecule has 2 aromatic rings. The Bertz CT molecular complexity index is 722. The zero-order valence-electron chi connectivity index (χ0n) is 11.2. The summed E-state index contributed by atoms with van der Waals surface area (Å²) in [6.07, 6.45) is 1.46. The van der Waals surface area contributed by atoms with Gasteiger partial charge in [0.2, 0.25) is 0 Å². The molecule has 0 aliphatic rings. The smallest absolute Gasteiger partial charge is 0.284 e. The minimum Gasteiger partial charge on any atom is -0.331 e. The van der Waals surface area contributed by atoms with Gasteiger partial charge in [0.15, 0.2) is 5.11 Å². The van der Waals surface area contributed by atoms with E-state index in [9.17, 15) is 10.1 Å². The SMILES string of the molecule is O=[N+]([O-])c1cc(/C=N/NC(=S)Nc2ccccc2)ccc1Br. The van der Waals surface area contributed by atoms with Crippen molar-refractivity contribution in [3.05, 3.63) is 68.7 Å². The standard InChI is InChI=1S/C14H11BrN4O2S/c15-12-7-6-10(8-13(12)19(20)21)9-16-18-14(22)17-11-4-2-1-3-5-11/h1-9H,(H2,17,18,22)/b16-9+. The number of rotatable bonds is 4. The Morgan fingerprint density at radius 3 is 2.68 bits per heavy atom. The fourth-order valence-corrected chi connectivity index (χ4v) is 2.16. The van der Waals surface area contributed by atoms with Gasteiger partial charge in [0.25, 0.3) is 5.69 Å². The van der Waals surface area contributed by atoms with E-state index in [-0.39, 0.29) is 5.69 Å². The molecule has 0 aliphatic heterocycles. The lowest BCUT2D eigenvalue weighted by molar-refractivity contribution is -0.385. The van der Waals surface area contributed by atoms with Crippen molar-refractivity contribution in [3.63, 3.8) is 0 Å². The number of hydrazone groups is 1. The van der Waals surface area contributed by atoms with Crippen molar-refractivity contribution in [2.75, 3.05) is 5.32 Å². The lowest BCUT2D eigenvalue weighted by Gasteiger charge is -2.06. The molecule has 0 aromatic heterocycles. The average molecular weight is 379 g/mol. The average Bonchev–Trinajstić information content (AvgIpc) is 2.49. The first-order valence-electron chi connectivity index (χ1n) is 6.15. The first kappa shape index (κ1) is 16.1. The van der Waals surface area contributed by atoms with Gasteiger partial charge in [-0.2, -0.15) is 5.10 Å². The van der Waals surface area contributed by atoms with E-state index in [4.69, 9.17) is 12.2 Å². The van der Waals surface area contributed by atoms with E-state index in [1.165, 1.54) is 12.3 Å². The van der Waals surface area contributed by atoms with Crippen molar-refractivity contribution < 1.29 is 4.92 Å². The molecule has 2 N–H and O–H groups in total. The van der Waals surface area contributed by atoms with Crippen molar-refractivity contribution in [1.29, 1.82) is 0 Å². The minimum atomic E-state index is -0.462. The zero-order valence-corrected chi connectivity index (χ0v) is 13.6. The van der Waals surface area contributed by atoms with Crippen molar-refractivity contribution in [1.82, 2.24) is 5.43 Å². The lowest BCUT2D eigenvalue weighted by atomic mass is 10.2. The molecule has 0 saturated carbocycles. The predicted molar refractivity (Wildman–Crippen MR) is 94.2 cm³/mol. The normalized spacial score (nSPS) is 10.4. The molecule has 2 rings (SSSR count). The third kappa shape index (κ3) is 4.61. The highest BCUT2D eigenvalue weighted by molar-refractivity contribution is 9.10. The van der Waals surface area contributed by atoms with Gasteiger partial charge in [-0.1, -0.05) is 24.3 Å². The van der Waals surface area contributed by atoms with E-state index in [1.807, 2.05) is 30.3 Å². The van der Waals surface area contributed by atoms with E-state index in [2.05, 4.69) is 31.8 Å². The van der Waals surface area contributed by atoms with Crippen LogP contribution in [0.25, 0.3) is 0 Å². The van der Waals surface area contributed by atoms with Gasteiger partial charge in [0.1, 0.15) is 0 Å². The number of hydrogen-bond acceptors (Lipinski definition) is 4. The summed E-state index contributed by atoms with van der Waals surface area (Å²) in [5.74, 6) is 0. The molecule has 0 amide bonds. The Hall–Kier alpha value is -2.32. The Labute approximate surface area is 140 Å². The van der Waals surface area contributed by atoms with Gasteiger partial charge in [0.05, 0.1) is 15.6 Å². The summed E-state index contributed by atoms with van der Waals surface area (Å²) in [7, 11) is 0. The molecule has 0 heterocycles. The predicted octanol–water partition coefficient (Wildman–Crippen LogP) is 3.68. The monoisotopic (exact) mass is 378 g/mol. The Kier molecular flexibility index (Phi) is 5.56. The van der Waals surface area contributed by atoms with Crippen LogP contribution in [-0.4, -0.2) is 16.3 Å². The van der Waals surface area contributed by atoms with Crippen LogP contribution in [0, 0.1) is 10.1 Å². The van der Waals surface area contributed by atoms with E-state index in [0.717, 1.165) is 5.69 Å². The van der Waals surface area contributed by atoms with Gasteiger partial charge < -0.3 is 5.32 Å². The number of nitro groups is 1. The summed E-state index contributed by atoms with van der Waals surface area (Å²) in [5.41, 5.74) is 4.06. The molecule has 0 spiro atoms. The van der Waals surface area contributed by atoms with Crippen LogP contribution >= 0.6 is 28.1 Å². The molecule has 0 unspecified atom stereocenters. The number of nitrogens with zero attached hydrogens (tertiary/aromatic N) is 2. The van der Waals surface area contributed by atoms with Crippen LogP contribution in [-0.2, 0) is 0 Å². The maximum absolute atomic E-state index is 10.8. The molecular formula is C14H11BrN4O2S. The number of anilines is 1. The van der Waals surface area contributed by atoms with Crippen molar-refractivity contribution in [2.45, 2.75) is 0 Å². The Balaban J connectivity index is 1.96. The topological polar surface area (TPSA) is 79.6 Å².